The van der Waals surface area contributed by atoms with Gasteiger partial charge in [0.25, 0.3) is 0 Å². The van der Waals surface area contributed by atoms with E-state index >= 15 is 0 Å². The molecule has 1 heterocycles. The summed E-state index contributed by atoms with van der Waals surface area (Å²) in [6, 6.07) is 5.86. The molecule has 1 aromatic rings. The van der Waals surface area contributed by atoms with Crippen molar-refractivity contribution in [3.05, 3.63) is 29.3 Å². The van der Waals surface area contributed by atoms with E-state index in [2.05, 4.69) is 5.16 Å². The molecule has 3 heteroatoms. The Bertz CT molecular complexity index is 385. The molecular formula is C11H13NO2. The van der Waals surface area contributed by atoms with E-state index in [1.165, 1.54) is 5.56 Å². The Hall–Kier alpha value is -1.51. The largest absolute Gasteiger partial charge is 0.490 e. The smallest absolute Gasteiger partial charge is 0.123 e. The van der Waals surface area contributed by atoms with Crippen LogP contribution in [0.4, 0.5) is 0 Å². The van der Waals surface area contributed by atoms with Crippen molar-refractivity contribution in [1.29, 1.82) is 0 Å². The van der Waals surface area contributed by atoms with E-state index < -0.39 is 0 Å². The maximum absolute atomic E-state index is 8.65. The zero-order valence-electron chi connectivity index (χ0n) is 8.32. The van der Waals surface area contributed by atoms with E-state index in [0.29, 0.717) is 5.71 Å². The highest BCUT2D eigenvalue weighted by Gasteiger charge is 2.19. The number of hydrogen-bond acceptors (Lipinski definition) is 3. The molecule has 0 aromatic heterocycles. The predicted molar refractivity (Wildman–Crippen MR) is 54.2 cm³/mol. The highest BCUT2D eigenvalue weighted by molar-refractivity contribution is 5.98. The van der Waals surface area contributed by atoms with Gasteiger partial charge in [0.2, 0.25) is 0 Å². The molecule has 14 heavy (non-hydrogen) atoms. The summed E-state index contributed by atoms with van der Waals surface area (Å²) in [6.45, 7) is 3.83. The monoisotopic (exact) mass is 191 g/mol. The molecule has 3 nitrogen and oxygen atoms in total. The lowest BCUT2D eigenvalue weighted by Gasteiger charge is -2.02. The van der Waals surface area contributed by atoms with Gasteiger partial charge in [0.15, 0.2) is 0 Å². The van der Waals surface area contributed by atoms with Gasteiger partial charge in [0.1, 0.15) is 11.9 Å². The van der Waals surface area contributed by atoms with Gasteiger partial charge in [0.05, 0.1) is 5.71 Å². The maximum Gasteiger partial charge on any atom is 0.123 e. The molecule has 0 saturated carbocycles. The summed E-state index contributed by atoms with van der Waals surface area (Å²) < 4.78 is 5.57. The summed E-state index contributed by atoms with van der Waals surface area (Å²) in [7, 11) is 0. The number of nitrogens with zero attached hydrogens (tertiary/aromatic N) is 1. The van der Waals surface area contributed by atoms with Gasteiger partial charge in [-0.2, -0.15) is 0 Å². The molecule has 1 N–H and O–H groups in total. The molecule has 0 bridgehead atoms. The van der Waals surface area contributed by atoms with Gasteiger partial charge in [-0.15, -0.1) is 0 Å². The van der Waals surface area contributed by atoms with E-state index in [4.69, 9.17) is 9.94 Å². The van der Waals surface area contributed by atoms with Crippen LogP contribution in [-0.4, -0.2) is 17.0 Å². The van der Waals surface area contributed by atoms with Gasteiger partial charge >= 0.3 is 0 Å². The summed E-state index contributed by atoms with van der Waals surface area (Å²) in [4.78, 5) is 0. The van der Waals surface area contributed by atoms with Gasteiger partial charge in [0, 0.05) is 6.42 Å². The quantitative estimate of drug-likeness (QED) is 0.420. The number of ether oxygens (including phenoxy) is 1. The van der Waals surface area contributed by atoms with Crippen molar-refractivity contribution in [3.8, 4) is 5.75 Å². The summed E-state index contributed by atoms with van der Waals surface area (Å²) in [6.07, 6.45) is 1.19. The summed E-state index contributed by atoms with van der Waals surface area (Å²) in [5.74, 6) is 0.951. The second-order valence-electron chi connectivity index (χ2n) is 3.64. The fourth-order valence-corrected chi connectivity index (χ4v) is 1.70. The van der Waals surface area contributed by atoms with Gasteiger partial charge in [-0.3, -0.25) is 0 Å². The van der Waals surface area contributed by atoms with Crippen molar-refractivity contribution in [3.63, 3.8) is 0 Å². The Balaban J connectivity index is 2.38. The topological polar surface area (TPSA) is 41.8 Å². The number of oxime groups is 1. The van der Waals surface area contributed by atoms with Gasteiger partial charge in [-0.1, -0.05) is 5.16 Å². The summed E-state index contributed by atoms with van der Waals surface area (Å²) >= 11 is 0. The minimum absolute atomic E-state index is 0.256. The van der Waals surface area contributed by atoms with E-state index in [-0.39, 0.29) is 6.10 Å². The summed E-state index contributed by atoms with van der Waals surface area (Å²) in [5, 5.41) is 11.8. The lowest BCUT2D eigenvalue weighted by molar-refractivity contribution is 0.254. The molecule has 0 unspecified atom stereocenters. The maximum atomic E-state index is 8.65. The SMILES string of the molecule is C/C(=N\O)c1ccc2c(c1)C[C@H](C)O2. The Kier molecular flexibility index (Phi) is 2.15. The lowest BCUT2D eigenvalue weighted by atomic mass is 10.0. The van der Waals surface area contributed by atoms with E-state index in [0.717, 1.165) is 17.7 Å². The van der Waals surface area contributed by atoms with Crippen LogP contribution in [0.1, 0.15) is 25.0 Å². The fourth-order valence-electron chi connectivity index (χ4n) is 1.70. The van der Waals surface area contributed by atoms with E-state index in [9.17, 15) is 0 Å². The third-order valence-corrected chi connectivity index (χ3v) is 2.46. The summed E-state index contributed by atoms with van der Waals surface area (Å²) in [5.41, 5.74) is 2.77. The highest BCUT2D eigenvalue weighted by Crippen LogP contribution is 2.29. The van der Waals surface area contributed by atoms with Crippen LogP contribution in [0.15, 0.2) is 23.4 Å². The first kappa shape index (κ1) is 9.06. The van der Waals surface area contributed by atoms with Crippen LogP contribution in [0.25, 0.3) is 0 Å². The lowest BCUT2D eigenvalue weighted by Crippen LogP contribution is -2.05. The van der Waals surface area contributed by atoms with E-state index in [1.54, 1.807) is 6.92 Å². The van der Waals surface area contributed by atoms with Crippen LogP contribution in [0.3, 0.4) is 0 Å². The van der Waals surface area contributed by atoms with Crippen molar-refractivity contribution in [1.82, 2.24) is 0 Å². The van der Waals surface area contributed by atoms with Crippen LogP contribution < -0.4 is 4.74 Å². The van der Waals surface area contributed by atoms with Crippen LogP contribution >= 0.6 is 0 Å². The Morgan fingerprint density at radius 3 is 3.07 bits per heavy atom. The first-order chi connectivity index (χ1) is 6.70. The molecule has 0 radical (unpaired) electrons. The second kappa shape index (κ2) is 3.33. The molecule has 0 spiro atoms. The minimum atomic E-state index is 0.256. The number of fused-ring (bicyclic) bond motifs is 1. The van der Waals surface area contributed by atoms with E-state index in [1.807, 2.05) is 25.1 Å². The Labute approximate surface area is 83.0 Å². The number of hydrogen-bond donors (Lipinski definition) is 1. The Morgan fingerprint density at radius 1 is 1.57 bits per heavy atom. The molecule has 0 amide bonds. The highest BCUT2D eigenvalue weighted by atomic mass is 16.5. The van der Waals surface area contributed by atoms with Crippen LogP contribution in [-0.2, 0) is 6.42 Å². The third kappa shape index (κ3) is 1.45. The molecule has 74 valence electrons. The minimum Gasteiger partial charge on any atom is -0.490 e. The Morgan fingerprint density at radius 2 is 2.36 bits per heavy atom. The molecule has 1 aliphatic heterocycles. The van der Waals surface area contributed by atoms with Crippen LogP contribution in [0.5, 0.6) is 5.75 Å². The number of benzene rings is 1. The normalized spacial score (nSPS) is 20.4. The molecule has 1 aromatic carbocycles. The molecule has 1 aliphatic rings. The molecule has 2 rings (SSSR count). The van der Waals surface area contributed by atoms with Crippen molar-refractivity contribution < 1.29 is 9.94 Å². The van der Waals surface area contributed by atoms with Crippen LogP contribution in [0.2, 0.25) is 0 Å². The first-order valence-corrected chi connectivity index (χ1v) is 4.69. The fraction of sp³-hybridized carbons (Fsp3) is 0.364. The second-order valence-corrected chi connectivity index (χ2v) is 3.64. The average Bonchev–Trinajstić information content (AvgIpc) is 2.55. The van der Waals surface area contributed by atoms with Crippen molar-refractivity contribution in [2.75, 3.05) is 0 Å². The standard InChI is InChI=1S/C11H13NO2/c1-7-5-10-6-9(8(2)12-13)3-4-11(10)14-7/h3-4,6-7,13H,5H2,1-2H3/b12-8+/t7-/m0/s1. The molecule has 1 atom stereocenters. The van der Waals surface area contributed by atoms with Gasteiger partial charge < -0.3 is 9.94 Å². The zero-order valence-corrected chi connectivity index (χ0v) is 8.32. The average molecular weight is 191 g/mol. The molecule has 0 fully saturated rings. The first-order valence-electron chi connectivity index (χ1n) is 4.69. The van der Waals surface area contributed by atoms with Crippen molar-refractivity contribution >= 4 is 5.71 Å². The van der Waals surface area contributed by atoms with Crippen LogP contribution in [0, 0.1) is 0 Å². The van der Waals surface area contributed by atoms with Gasteiger partial charge in [-0.05, 0) is 43.2 Å². The van der Waals surface area contributed by atoms with Crippen molar-refractivity contribution in [2.45, 2.75) is 26.4 Å². The third-order valence-electron chi connectivity index (χ3n) is 2.46. The van der Waals surface area contributed by atoms with Crippen molar-refractivity contribution in [2.24, 2.45) is 5.16 Å². The van der Waals surface area contributed by atoms with Gasteiger partial charge in [-0.25, -0.2) is 0 Å². The number of rotatable bonds is 1. The molecular weight excluding hydrogens is 178 g/mol. The molecule has 0 saturated heterocycles. The molecule has 0 aliphatic carbocycles. The zero-order chi connectivity index (χ0) is 10.1. The predicted octanol–water partition coefficient (Wildman–Crippen LogP) is 2.21.